The van der Waals surface area contributed by atoms with Crippen molar-refractivity contribution in [3.63, 3.8) is 0 Å². The Kier molecular flexibility index (Phi) is 10.8. The molecule has 0 aliphatic heterocycles. The van der Waals surface area contributed by atoms with Crippen LogP contribution in [0.1, 0.15) is 23.6 Å². The van der Waals surface area contributed by atoms with Crippen molar-refractivity contribution < 1.29 is 9.53 Å². The van der Waals surface area contributed by atoms with Crippen LogP contribution in [-0.2, 0) is 17.8 Å². The van der Waals surface area contributed by atoms with E-state index in [1.165, 1.54) is 16.7 Å². The molecule has 0 bridgehead atoms. The molecule has 1 aromatic heterocycles. The summed E-state index contributed by atoms with van der Waals surface area (Å²) in [5.74, 6) is 1.36. The van der Waals surface area contributed by atoms with Crippen molar-refractivity contribution >= 4 is 52.9 Å². The number of hydrogen-bond donors (Lipinski definition) is 3. The molecular formula is C19H27IN4O2S. The number of guanidine groups is 1. The summed E-state index contributed by atoms with van der Waals surface area (Å²) in [7, 11) is 1.75. The molecule has 8 heteroatoms. The van der Waals surface area contributed by atoms with Gasteiger partial charge < -0.3 is 20.7 Å². The average Bonchev–Trinajstić information content (AvgIpc) is 3.09. The molecule has 3 N–H and O–H groups in total. The third-order valence-corrected chi connectivity index (χ3v) is 4.77. The summed E-state index contributed by atoms with van der Waals surface area (Å²) in [6.45, 7) is 5.51. The van der Waals surface area contributed by atoms with E-state index in [9.17, 15) is 4.79 Å². The minimum Gasteiger partial charge on any atom is -0.492 e. The van der Waals surface area contributed by atoms with Crippen LogP contribution in [0.4, 0.5) is 5.69 Å². The predicted octanol–water partition coefficient (Wildman–Crippen LogP) is 3.63. The lowest BCUT2D eigenvalue weighted by molar-refractivity contribution is -0.114. The van der Waals surface area contributed by atoms with Crippen molar-refractivity contribution in [1.82, 2.24) is 10.6 Å². The van der Waals surface area contributed by atoms with E-state index in [1.807, 2.05) is 29.5 Å². The highest BCUT2D eigenvalue weighted by atomic mass is 127. The normalized spacial score (nSPS) is 10.7. The molecule has 1 heterocycles. The Morgan fingerprint density at radius 3 is 2.63 bits per heavy atom. The molecular weight excluding hydrogens is 475 g/mol. The van der Waals surface area contributed by atoms with Gasteiger partial charge in [-0.3, -0.25) is 9.79 Å². The maximum absolute atomic E-state index is 11.1. The van der Waals surface area contributed by atoms with E-state index in [4.69, 9.17) is 4.74 Å². The molecule has 0 saturated carbocycles. The summed E-state index contributed by atoms with van der Waals surface area (Å²) in [6, 6.07) is 11.7. The number of aliphatic imine (C=N–C) groups is 1. The molecule has 0 aliphatic rings. The molecule has 0 saturated heterocycles. The number of nitrogens with one attached hydrogen (secondary N) is 3. The molecule has 1 amide bonds. The second-order valence-electron chi connectivity index (χ2n) is 5.63. The molecule has 0 aliphatic carbocycles. The number of aryl methyl sites for hydroxylation is 1. The molecule has 2 rings (SSSR count). The number of nitrogens with zero attached hydrogens (tertiary/aromatic N) is 1. The van der Waals surface area contributed by atoms with E-state index < -0.39 is 0 Å². The van der Waals surface area contributed by atoms with Crippen LogP contribution in [0.15, 0.2) is 41.4 Å². The first-order chi connectivity index (χ1) is 12.6. The Morgan fingerprint density at radius 1 is 1.19 bits per heavy atom. The second kappa shape index (κ2) is 12.6. The van der Waals surface area contributed by atoms with Crippen LogP contribution in [0.3, 0.4) is 0 Å². The highest BCUT2D eigenvalue weighted by molar-refractivity contribution is 14.0. The summed E-state index contributed by atoms with van der Waals surface area (Å²) in [4.78, 5) is 18.0. The summed E-state index contributed by atoms with van der Waals surface area (Å²) in [5.41, 5.74) is 0.725. The van der Waals surface area contributed by atoms with Crippen molar-refractivity contribution in [3.05, 3.63) is 46.2 Å². The molecule has 1 aromatic carbocycles. The minimum atomic E-state index is -0.101. The van der Waals surface area contributed by atoms with Gasteiger partial charge in [0.2, 0.25) is 5.91 Å². The van der Waals surface area contributed by atoms with Gasteiger partial charge in [-0.2, -0.15) is 0 Å². The lowest BCUT2D eigenvalue weighted by atomic mass is 10.3. The van der Waals surface area contributed by atoms with Crippen molar-refractivity contribution in [3.8, 4) is 5.75 Å². The molecule has 6 nitrogen and oxygen atoms in total. The van der Waals surface area contributed by atoms with Crippen molar-refractivity contribution in [1.29, 1.82) is 0 Å². The number of benzene rings is 1. The van der Waals surface area contributed by atoms with Crippen LogP contribution in [0.2, 0.25) is 0 Å². The van der Waals surface area contributed by atoms with E-state index in [-0.39, 0.29) is 29.9 Å². The van der Waals surface area contributed by atoms with Crippen LogP contribution in [0.5, 0.6) is 5.75 Å². The van der Waals surface area contributed by atoms with Crippen LogP contribution in [0.25, 0.3) is 0 Å². The number of carbonyl (C=O) groups is 1. The van der Waals surface area contributed by atoms with Gasteiger partial charge in [0.1, 0.15) is 12.4 Å². The zero-order chi connectivity index (χ0) is 18.8. The summed E-state index contributed by atoms with van der Waals surface area (Å²) in [6.07, 6.45) is 1.07. The Morgan fingerprint density at radius 2 is 1.96 bits per heavy atom. The second-order valence-corrected chi connectivity index (χ2v) is 6.88. The quantitative estimate of drug-likeness (QED) is 0.223. The number of ether oxygens (including phenoxy) is 1. The van der Waals surface area contributed by atoms with Crippen molar-refractivity contribution in [2.75, 3.05) is 25.5 Å². The predicted molar refractivity (Wildman–Crippen MR) is 124 cm³/mol. The van der Waals surface area contributed by atoms with Gasteiger partial charge in [-0.15, -0.1) is 35.3 Å². The third kappa shape index (κ3) is 8.61. The number of rotatable bonds is 8. The molecule has 2 aromatic rings. The fourth-order valence-electron chi connectivity index (χ4n) is 2.30. The van der Waals surface area contributed by atoms with Gasteiger partial charge in [0.05, 0.1) is 13.1 Å². The number of anilines is 1. The number of halogens is 1. The first-order valence-electron chi connectivity index (χ1n) is 8.63. The zero-order valence-electron chi connectivity index (χ0n) is 15.9. The SMILES string of the molecule is CCc1ccc(CNC(=NC)NCCOc2cccc(NC(C)=O)c2)s1.I. The van der Waals surface area contributed by atoms with E-state index in [2.05, 4.69) is 40.0 Å². The molecule has 0 atom stereocenters. The zero-order valence-corrected chi connectivity index (χ0v) is 19.0. The first-order valence-corrected chi connectivity index (χ1v) is 9.45. The van der Waals surface area contributed by atoms with Gasteiger partial charge >= 0.3 is 0 Å². The molecule has 0 unspecified atom stereocenters. The van der Waals surface area contributed by atoms with E-state index in [0.717, 1.165) is 24.6 Å². The Hall–Kier alpha value is -1.81. The smallest absolute Gasteiger partial charge is 0.221 e. The lowest BCUT2D eigenvalue weighted by Crippen LogP contribution is -2.38. The molecule has 0 radical (unpaired) electrons. The highest BCUT2D eigenvalue weighted by Gasteiger charge is 2.02. The number of hydrogen-bond acceptors (Lipinski definition) is 4. The fraction of sp³-hybridized carbons (Fsp3) is 0.368. The molecule has 27 heavy (non-hydrogen) atoms. The Labute approximate surface area is 181 Å². The molecule has 0 spiro atoms. The first kappa shape index (κ1) is 23.2. The topological polar surface area (TPSA) is 74.8 Å². The average molecular weight is 502 g/mol. The van der Waals surface area contributed by atoms with Crippen LogP contribution >= 0.6 is 35.3 Å². The van der Waals surface area contributed by atoms with Crippen LogP contribution in [0, 0.1) is 0 Å². The summed E-state index contributed by atoms with van der Waals surface area (Å²) < 4.78 is 5.71. The highest BCUT2D eigenvalue weighted by Crippen LogP contribution is 2.17. The van der Waals surface area contributed by atoms with E-state index in [1.54, 1.807) is 13.1 Å². The monoisotopic (exact) mass is 502 g/mol. The molecule has 148 valence electrons. The van der Waals surface area contributed by atoms with Gasteiger partial charge in [-0.05, 0) is 30.7 Å². The van der Waals surface area contributed by atoms with E-state index in [0.29, 0.717) is 18.9 Å². The van der Waals surface area contributed by atoms with Crippen LogP contribution < -0.4 is 20.7 Å². The Bertz CT molecular complexity index is 749. The maximum Gasteiger partial charge on any atom is 0.221 e. The standard InChI is InChI=1S/C19H26N4O2S.HI/c1-4-17-8-9-18(26-17)13-22-19(20-3)21-10-11-25-16-7-5-6-15(12-16)23-14(2)24;/h5-9,12H,4,10-11,13H2,1-3H3,(H,23,24)(H2,20,21,22);1H. The number of carbonyl (C=O) groups excluding carboxylic acids is 1. The van der Waals surface area contributed by atoms with Crippen molar-refractivity contribution in [2.45, 2.75) is 26.8 Å². The van der Waals surface area contributed by atoms with Gasteiger partial charge in [0, 0.05) is 35.5 Å². The Balaban J connectivity index is 0.00000364. The minimum absolute atomic E-state index is 0. The van der Waals surface area contributed by atoms with Crippen molar-refractivity contribution in [2.24, 2.45) is 4.99 Å². The number of amides is 1. The van der Waals surface area contributed by atoms with Gasteiger partial charge in [0.15, 0.2) is 5.96 Å². The fourth-order valence-corrected chi connectivity index (χ4v) is 3.20. The van der Waals surface area contributed by atoms with Gasteiger partial charge in [0.25, 0.3) is 0 Å². The number of thiophene rings is 1. The summed E-state index contributed by atoms with van der Waals surface area (Å²) in [5, 5.41) is 9.26. The largest absolute Gasteiger partial charge is 0.492 e. The van der Waals surface area contributed by atoms with E-state index >= 15 is 0 Å². The van der Waals surface area contributed by atoms with Gasteiger partial charge in [-0.25, -0.2) is 0 Å². The lowest BCUT2D eigenvalue weighted by Gasteiger charge is -2.12. The van der Waals surface area contributed by atoms with Crippen LogP contribution in [-0.4, -0.2) is 32.1 Å². The molecule has 0 fully saturated rings. The van der Waals surface area contributed by atoms with Gasteiger partial charge in [-0.1, -0.05) is 13.0 Å². The maximum atomic E-state index is 11.1. The third-order valence-electron chi connectivity index (χ3n) is 3.54. The summed E-state index contributed by atoms with van der Waals surface area (Å²) >= 11 is 1.82.